The van der Waals surface area contributed by atoms with Crippen LogP contribution in [-0.2, 0) is 4.79 Å². The maximum Gasteiger partial charge on any atom is 0.249 e. The summed E-state index contributed by atoms with van der Waals surface area (Å²) < 4.78 is 13.0. The first-order chi connectivity index (χ1) is 10.7. The SMILES string of the molecule is O=C(C1=CCCCC1)N1CCCC(Nc2ccc(F)cc2)C1. The number of allylic oxidation sites excluding steroid dienone is 1. The van der Waals surface area contributed by atoms with Crippen LogP contribution in [0.3, 0.4) is 0 Å². The largest absolute Gasteiger partial charge is 0.381 e. The summed E-state index contributed by atoms with van der Waals surface area (Å²) in [4.78, 5) is 14.6. The summed E-state index contributed by atoms with van der Waals surface area (Å²) in [6, 6.07) is 6.66. The Kier molecular flexibility index (Phi) is 4.76. The van der Waals surface area contributed by atoms with E-state index in [9.17, 15) is 9.18 Å². The van der Waals surface area contributed by atoms with E-state index in [2.05, 4.69) is 11.4 Å². The second-order valence-corrected chi connectivity index (χ2v) is 6.22. The molecule has 0 radical (unpaired) electrons. The minimum Gasteiger partial charge on any atom is -0.381 e. The van der Waals surface area contributed by atoms with Crippen LogP contribution in [0.1, 0.15) is 38.5 Å². The van der Waals surface area contributed by atoms with Gasteiger partial charge in [0.2, 0.25) is 5.91 Å². The topological polar surface area (TPSA) is 32.3 Å². The number of amides is 1. The summed E-state index contributed by atoms with van der Waals surface area (Å²) >= 11 is 0. The lowest BCUT2D eigenvalue weighted by atomic mass is 9.97. The highest BCUT2D eigenvalue weighted by atomic mass is 19.1. The van der Waals surface area contributed by atoms with E-state index in [1.807, 2.05) is 4.90 Å². The fraction of sp³-hybridized carbons (Fsp3) is 0.500. The van der Waals surface area contributed by atoms with Crippen molar-refractivity contribution in [2.75, 3.05) is 18.4 Å². The number of carbonyl (C=O) groups is 1. The molecule has 4 heteroatoms. The molecule has 1 saturated heterocycles. The molecule has 0 saturated carbocycles. The summed E-state index contributed by atoms with van der Waals surface area (Å²) in [6.45, 7) is 1.57. The number of nitrogens with one attached hydrogen (secondary N) is 1. The van der Waals surface area contributed by atoms with Gasteiger partial charge in [0.05, 0.1) is 0 Å². The van der Waals surface area contributed by atoms with E-state index in [0.29, 0.717) is 0 Å². The van der Waals surface area contributed by atoms with Crippen LogP contribution in [0, 0.1) is 5.82 Å². The van der Waals surface area contributed by atoms with Gasteiger partial charge in [-0.05, 0) is 62.8 Å². The number of anilines is 1. The highest BCUT2D eigenvalue weighted by Crippen LogP contribution is 2.22. The number of nitrogens with zero attached hydrogens (tertiary/aromatic N) is 1. The third kappa shape index (κ3) is 3.67. The van der Waals surface area contributed by atoms with E-state index in [0.717, 1.165) is 56.5 Å². The Bertz CT molecular complexity index is 553. The van der Waals surface area contributed by atoms with Gasteiger partial charge in [0.15, 0.2) is 0 Å². The second kappa shape index (κ2) is 6.95. The van der Waals surface area contributed by atoms with Crippen LogP contribution < -0.4 is 5.32 Å². The van der Waals surface area contributed by atoms with E-state index in [1.54, 1.807) is 12.1 Å². The van der Waals surface area contributed by atoms with Gasteiger partial charge in [-0.1, -0.05) is 6.08 Å². The number of halogens is 1. The first kappa shape index (κ1) is 15.1. The minimum atomic E-state index is -0.227. The Balaban J connectivity index is 1.60. The Hall–Kier alpha value is -1.84. The maximum atomic E-state index is 13.0. The molecule has 1 amide bonds. The van der Waals surface area contributed by atoms with Gasteiger partial charge in [0, 0.05) is 30.4 Å². The fourth-order valence-electron chi connectivity index (χ4n) is 3.30. The van der Waals surface area contributed by atoms with Crippen LogP contribution in [0.5, 0.6) is 0 Å². The lowest BCUT2D eigenvalue weighted by molar-refractivity contribution is -0.128. The lowest BCUT2D eigenvalue weighted by Gasteiger charge is -2.34. The number of hydrogen-bond acceptors (Lipinski definition) is 2. The zero-order chi connectivity index (χ0) is 15.4. The molecular weight excluding hydrogens is 279 g/mol. The molecule has 0 aromatic heterocycles. The van der Waals surface area contributed by atoms with Crippen LogP contribution in [0.25, 0.3) is 0 Å². The quantitative estimate of drug-likeness (QED) is 0.922. The highest BCUT2D eigenvalue weighted by molar-refractivity contribution is 5.93. The highest BCUT2D eigenvalue weighted by Gasteiger charge is 2.25. The average Bonchev–Trinajstić information content (AvgIpc) is 2.57. The van der Waals surface area contributed by atoms with Gasteiger partial charge in [-0.3, -0.25) is 4.79 Å². The van der Waals surface area contributed by atoms with Gasteiger partial charge in [0.25, 0.3) is 0 Å². The molecular formula is C18H23FN2O. The number of hydrogen-bond donors (Lipinski definition) is 1. The van der Waals surface area contributed by atoms with Gasteiger partial charge in [-0.2, -0.15) is 0 Å². The smallest absolute Gasteiger partial charge is 0.249 e. The summed E-state index contributed by atoms with van der Waals surface area (Å²) in [6.07, 6.45) is 8.45. The molecule has 3 nitrogen and oxygen atoms in total. The first-order valence-corrected chi connectivity index (χ1v) is 8.23. The summed E-state index contributed by atoms with van der Waals surface area (Å²) in [7, 11) is 0. The number of piperidine rings is 1. The molecule has 2 aliphatic rings. The molecule has 0 bridgehead atoms. The van der Waals surface area contributed by atoms with E-state index in [4.69, 9.17) is 0 Å². The minimum absolute atomic E-state index is 0.213. The van der Waals surface area contributed by atoms with Crippen LogP contribution in [0.2, 0.25) is 0 Å². The van der Waals surface area contributed by atoms with Crippen molar-refractivity contribution in [3.05, 3.63) is 41.7 Å². The molecule has 22 heavy (non-hydrogen) atoms. The third-order valence-corrected chi connectivity index (χ3v) is 4.49. The molecule has 1 aromatic carbocycles. The van der Waals surface area contributed by atoms with Gasteiger partial charge in [0.1, 0.15) is 5.82 Å². The number of carbonyl (C=O) groups excluding carboxylic acids is 1. The maximum absolute atomic E-state index is 13.0. The molecule has 1 atom stereocenters. The molecule has 1 fully saturated rings. The number of rotatable bonds is 3. The molecule has 1 N–H and O–H groups in total. The van der Waals surface area contributed by atoms with Crippen molar-refractivity contribution >= 4 is 11.6 Å². The number of benzene rings is 1. The van der Waals surface area contributed by atoms with Crippen molar-refractivity contribution in [1.29, 1.82) is 0 Å². The van der Waals surface area contributed by atoms with Crippen LogP contribution in [0.4, 0.5) is 10.1 Å². The van der Waals surface area contributed by atoms with E-state index < -0.39 is 0 Å². The van der Waals surface area contributed by atoms with Crippen LogP contribution in [0.15, 0.2) is 35.9 Å². The zero-order valence-electron chi connectivity index (χ0n) is 12.9. The van der Waals surface area contributed by atoms with Gasteiger partial charge >= 0.3 is 0 Å². The van der Waals surface area contributed by atoms with Crippen molar-refractivity contribution in [2.45, 2.75) is 44.6 Å². The molecule has 118 valence electrons. The lowest BCUT2D eigenvalue weighted by Crippen LogP contribution is -2.45. The molecule has 1 heterocycles. The predicted octanol–water partition coefficient (Wildman–Crippen LogP) is 3.73. The van der Waals surface area contributed by atoms with E-state index in [-0.39, 0.29) is 17.8 Å². The number of likely N-dealkylation sites (tertiary alicyclic amines) is 1. The van der Waals surface area contributed by atoms with Gasteiger partial charge in [-0.15, -0.1) is 0 Å². The zero-order valence-corrected chi connectivity index (χ0v) is 12.9. The Morgan fingerprint density at radius 2 is 2.00 bits per heavy atom. The second-order valence-electron chi connectivity index (χ2n) is 6.22. The third-order valence-electron chi connectivity index (χ3n) is 4.49. The Morgan fingerprint density at radius 1 is 1.18 bits per heavy atom. The van der Waals surface area contributed by atoms with Crippen LogP contribution in [-0.4, -0.2) is 29.9 Å². The first-order valence-electron chi connectivity index (χ1n) is 8.23. The molecule has 1 aliphatic heterocycles. The summed E-state index contributed by atoms with van der Waals surface area (Å²) in [5.74, 6) is -0.0134. The Morgan fingerprint density at radius 3 is 2.73 bits per heavy atom. The summed E-state index contributed by atoms with van der Waals surface area (Å²) in [5.41, 5.74) is 1.91. The van der Waals surface area contributed by atoms with Gasteiger partial charge < -0.3 is 10.2 Å². The fourth-order valence-corrected chi connectivity index (χ4v) is 3.30. The van der Waals surface area contributed by atoms with Crippen LogP contribution >= 0.6 is 0 Å². The van der Waals surface area contributed by atoms with E-state index >= 15 is 0 Å². The normalized spacial score (nSPS) is 22.1. The standard InChI is InChI=1S/C18H23FN2O/c19-15-8-10-16(11-9-15)20-17-7-4-12-21(13-17)18(22)14-5-2-1-3-6-14/h5,8-11,17,20H,1-4,6-7,12-13H2. The predicted molar refractivity (Wildman–Crippen MR) is 86.2 cm³/mol. The molecule has 1 aliphatic carbocycles. The average molecular weight is 302 g/mol. The van der Waals surface area contributed by atoms with E-state index in [1.165, 1.54) is 18.6 Å². The van der Waals surface area contributed by atoms with Crippen molar-refractivity contribution in [3.8, 4) is 0 Å². The molecule has 3 rings (SSSR count). The monoisotopic (exact) mass is 302 g/mol. The molecule has 1 unspecified atom stereocenters. The molecule has 0 spiro atoms. The molecule has 1 aromatic rings. The van der Waals surface area contributed by atoms with Crippen molar-refractivity contribution in [2.24, 2.45) is 0 Å². The summed E-state index contributed by atoms with van der Waals surface area (Å²) in [5, 5.41) is 3.42. The van der Waals surface area contributed by atoms with Crippen molar-refractivity contribution in [1.82, 2.24) is 4.90 Å². The van der Waals surface area contributed by atoms with Crippen molar-refractivity contribution < 1.29 is 9.18 Å². The van der Waals surface area contributed by atoms with Crippen molar-refractivity contribution in [3.63, 3.8) is 0 Å². The van der Waals surface area contributed by atoms with Gasteiger partial charge in [-0.25, -0.2) is 4.39 Å². The Labute approximate surface area is 131 Å².